The molecule has 1 aromatic carbocycles. The fourth-order valence-electron chi connectivity index (χ4n) is 4.44. The van der Waals surface area contributed by atoms with Crippen LogP contribution in [0.5, 0.6) is 0 Å². The van der Waals surface area contributed by atoms with Crippen molar-refractivity contribution in [3.8, 4) is 0 Å². The Bertz CT molecular complexity index is 959. The van der Waals surface area contributed by atoms with E-state index < -0.39 is 17.8 Å². The quantitative estimate of drug-likeness (QED) is 0.564. The van der Waals surface area contributed by atoms with E-state index in [1.54, 1.807) is 6.08 Å². The lowest BCUT2D eigenvalue weighted by Crippen LogP contribution is -2.52. The average molecular weight is 396 g/mol. The van der Waals surface area contributed by atoms with Crippen molar-refractivity contribution in [3.63, 3.8) is 0 Å². The van der Waals surface area contributed by atoms with E-state index in [1.165, 1.54) is 14.1 Å². The van der Waals surface area contributed by atoms with Crippen LogP contribution in [0.1, 0.15) is 51.3 Å². The van der Waals surface area contributed by atoms with E-state index in [0.29, 0.717) is 6.04 Å². The summed E-state index contributed by atoms with van der Waals surface area (Å²) >= 11 is 0. The van der Waals surface area contributed by atoms with Crippen molar-refractivity contribution in [2.24, 2.45) is 0 Å². The number of anilines is 1. The molecular weight excluding hydrogens is 366 g/mol. The highest BCUT2D eigenvalue weighted by Gasteiger charge is 2.38. The van der Waals surface area contributed by atoms with Crippen molar-refractivity contribution in [2.75, 3.05) is 19.0 Å². The van der Waals surface area contributed by atoms with Crippen LogP contribution in [0.3, 0.4) is 0 Å². The molecule has 154 valence electrons. The molecule has 0 aromatic heterocycles. The van der Waals surface area contributed by atoms with E-state index in [9.17, 15) is 14.4 Å². The summed E-state index contributed by atoms with van der Waals surface area (Å²) in [5, 5.41) is 0. The number of aryl methyl sites for hydroxylation is 1. The number of likely N-dealkylation sites (N-methyl/N-ethyl adjacent to an activating group) is 2. The molecule has 6 heteroatoms. The lowest BCUT2D eigenvalue weighted by atomic mass is 9.85. The van der Waals surface area contributed by atoms with Gasteiger partial charge in [0.25, 0.3) is 11.8 Å². The molecule has 0 spiro atoms. The highest BCUT2D eigenvalue weighted by atomic mass is 16.2. The molecule has 1 fully saturated rings. The summed E-state index contributed by atoms with van der Waals surface area (Å²) in [6.45, 7) is 12.8. The maximum Gasteiger partial charge on any atom is 0.333 e. The molecule has 0 aliphatic carbocycles. The number of hydrogen-bond donors (Lipinski definition) is 0. The van der Waals surface area contributed by atoms with E-state index in [4.69, 9.17) is 0 Å². The van der Waals surface area contributed by atoms with Gasteiger partial charge in [-0.1, -0.05) is 6.08 Å². The van der Waals surface area contributed by atoms with Gasteiger partial charge in [0.2, 0.25) is 0 Å². The first kappa shape index (κ1) is 20.8. The van der Waals surface area contributed by atoms with E-state index in [0.717, 1.165) is 37.8 Å². The van der Waals surface area contributed by atoms with Crippen molar-refractivity contribution in [2.45, 2.75) is 53.1 Å². The first-order chi connectivity index (χ1) is 13.4. The summed E-state index contributed by atoms with van der Waals surface area (Å²) in [6.07, 6.45) is 3.85. The number of barbiturate groups is 1. The highest BCUT2D eigenvalue weighted by molar-refractivity contribution is 6.30. The number of amides is 4. The van der Waals surface area contributed by atoms with Crippen molar-refractivity contribution in [1.29, 1.82) is 0 Å². The highest BCUT2D eigenvalue weighted by Crippen LogP contribution is 2.41. The number of allylic oxidation sites excluding steroid dienone is 1. The second-order valence-corrected chi connectivity index (χ2v) is 8.74. The van der Waals surface area contributed by atoms with Crippen LogP contribution in [0.25, 0.3) is 11.6 Å². The summed E-state index contributed by atoms with van der Waals surface area (Å²) in [5.41, 5.74) is 5.05. The molecule has 4 amide bonds. The topological polar surface area (TPSA) is 60.9 Å². The molecule has 0 N–H and O–H groups in total. The number of rotatable bonds is 2. The van der Waals surface area contributed by atoms with E-state index in [-0.39, 0.29) is 11.1 Å². The minimum absolute atomic E-state index is 0.00358. The molecule has 6 nitrogen and oxygen atoms in total. The molecule has 2 aliphatic rings. The Kier molecular flexibility index (Phi) is 4.93. The molecule has 1 aromatic rings. The summed E-state index contributed by atoms with van der Waals surface area (Å²) in [4.78, 5) is 41.4. The summed E-state index contributed by atoms with van der Waals surface area (Å²) in [5.74, 6) is -1.15. The number of hydrogen-bond acceptors (Lipinski definition) is 4. The van der Waals surface area contributed by atoms with E-state index >= 15 is 0 Å². The van der Waals surface area contributed by atoms with Crippen molar-refractivity contribution in [3.05, 3.63) is 40.5 Å². The van der Waals surface area contributed by atoms with Crippen LogP contribution >= 0.6 is 0 Å². The second kappa shape index (κ2) is 6.87. The number of fused-ring (bicyclic) bond motifs is 1. The standard InChI is InChI=1S/C23H29N3O3/c1-13(2)26-19-9-14(3)16(10-17(19)15(4)12-23(26,5)6)11-18-20(27)24(7)22(29)25(8)21(18)28/h9-13H,1-8H3. The smallest absolute Gasteiger partial charge is 0.333 e. The molecule has 2 aliphatic heterocycles. The van der Waals surface area contributed by atoms with Gasteiger partial charge in [-0.25, -0.2) is 4.79 Å². The molecule has 0 atom stereocenters. The average Bonchev–Trinajstić information content (AvgIpc) is 2.61. The molecule has 1 saturated heterocycles. The third kappa shape index (κ3) is 3.26. The largest absolute Gasteiger partial charge is 0.360 e. The van der Waals surface area contributed by atoms with Gasteiger partial charge in [0, 0.05) is 31.4 Å². The first-order valence-corrected chi connectivity index (χ1v) is 9.82. The number of urea groups is 1. The molecular formula is C23H29N3O3. The number of carbonyl (C=O) groups excluding carboxylic acids is 3. The molecule has 0 saturated carbocycles. The third-order valence-corrected chi connectivity index (χ3v) is 5.72. The fraction of sp³-hybridized carbons (Fsp3) is 0.435. The number of imide groups is 2. The zero-order valence-corrected chi connectivity index (χ0v) is 18.5. The Balaban J connectivity index is 2.16. The maximum absolute atomic E-state index is 12.6. The van der Waals surface area contributed by atoms with Crippen molar-refractivity contribution >= 4 is 35.2 Å². The number of nitrogens with zero attached hydrogens (tertiary/aromatic N) is 3. The summed E-state index contributed by atoms with van der Waals surface area (Å²) in [7, 11) is 2.77. The zero-order valence-electron chi connectivity index (χ0n) is 18.5. The van der Waals surface area contributed by atoms with E-state index in [1.807, 2.05) is 13.0 Å². The SMILES string of the molecule is CC1=CC(C)(C)N(C(C)C)c2cc(C)c(C=C3C(=O)N(C)C(=O)N(C)C3=O)cc21. The normalized spacial score (nSPS) is 19.1. The molecule has 2 heterocycles. The molecule has 3 rings (SSSR count). The monoisotopic (exact) mass is 395 g/mol. The Hall–Kier alpha value is -2.89. The van der Waals surface area contributed by atoms with Gasteiger partial charge in [-0.05, 0) is 76.5 Å². The molecule has 29 heavy (non-hydrogen) atoms. The van der Waals surface area contributed by atoms with Gasteiger partial charge in [0.05, 0.1) is 5.54 Å². The third-order valence-electron chi connectivity index (χ3n) is 5.72. The Morgan fingerprint density at radius 2 is 1.52 bits per heavy atom. The fourth-order valence-corrected chi connectivity index (χ4v) is 4.44. The molecule has 0 radical (unpaired) electrons. The van der Waals surface area contributed by atoms with Gasteiger partial charge in [-0.2, -0.15) is 0 Å². The first-order valence-electron chi connectivity index (χ1n) is 9.82. The Labute approximate surface area is 172 Å². The van der Waals surface area contributed by atoms with Gasteiger partial charge in [-0.3, -0.25) is 19.4 Å². The minimum atomic E-state index is -0.618. The molecule has 0 bridgehead atoms. The van der Waals surface area contributed by atoms with Crippen LogP contribution in [0.4, 0.5) is 10.5 Å². The zero-order chi connectivity index (χ0) is 21.8. The Morgan fingerprint density at radius 3 is 2.03 bits per heavy atom. The lowest BCUT2D eigenvalue weighted by Gasteiger charge is -2.46. The minimum Gasteiger partial charge on any atom is -0.360 e. The van der Waals surface area contributed by atoms with Crippen LogP contribution in [-0.4, -0.2) is 53.3 Å². The van der Waals surface area contributed by atoms with Crippen molar-refractivity contribution in [1.82, 2.24) is 9.80 Å². The van der Waals surface area contributed by atoms with E-state index in [2.05, 4.69) is 51.7 Å². The second-order valence-electron chi connectivity index (χ2n) is 8.74. The van der Waals surface area contributed by atoms with Crippen LogP contribution in [0.15, 0.2) is 23.8 Å². The van der Waals surface area contributed by atoms with Gasteiger partial charge in [-0.15, -0.1) is 0 Å². The molecule has 0 unspecified atom stereocenters. The number of carbonyl (C=O) groups is 3. The predicted molar refractivity (Wildman–Crippen MR) is 115 cm³/mol. The van der Waals surface area contributed by atoms with Gasteiger partial charge in [0.1, 0.15) is 5.57 Å². The van der Waals surface area contributed by atoms with Gasteiger partial charge >= 0.3 is 6.03 Å². The van der Waals surface area contributed by atoms with Gasteiger partial charge < -0.3 is 4.90 Å². The van der Waals surface area contributed by atoms with Crippen LogP contribution in [-0.2, 0) is 9.59 Å². The summed E-state index contributed by atoms with van der Waals surface area (Å²) < 4.78 is 0. The number of benzene rings is 1. The maximum atomic E-state index is 12.6. The van der Waals surface area contributed by atoms with Crippen LogP contribution in [0, 0.1) is 6.92 Å². The van der Waals surface area contributed by atoms with Crippen LogP contribution < -0.4 is 4.90 Å². The predicted octanol–water partition coefficient (Wildman–Crippen LogP) is 3.84. The lowest BCUT2D eigenvalue weighted by molar-refractivity contribution is -0.134. The van der Waals surface area contributed by atoms with Crippen molar-refractivity contribution < 1.29 is 14.4 Å². The van der Waals surface area contributed by atoms with Gasteiger partial charge in [0.15, 0.2) is 0 Å². The van der Waals surface area contributed by atoms with Crippen LogP contribution in [0.2, 0.25) is 0 Å². The summed E-state index contributed by atoms with van der Waals surface area (Å²) in [6, 6.07) is 3.85. The Morgan fingerprint density at radius 1 is 0.966 bits per heavy atom.